The van der Waals surface area contributed by atoms with Crippen LogP contribution < -0.4 is 16.4 Å². The van der Waals surface area contributed by atoms with Crippen molar-refractivity contribution in [2.24, 2.45) is 11.7 Å². The number of rotatable bonds is 7. The highest BCUT2D eigenvalue weighted by Gasteiger charge is 2.28. The fourth-order valence-corrected chi connectivity index (χ4v) is 3.84. The average molecular weight is 380 g/mol. The van der Waals surface area contributed by atoms with E-state index in [1.165, 1.54) is 0 Å². The number of carbonyl (C=O) groups is 2. The number of amides is 2. The van der Waals surface area contributed by atoms with Crippen molar-refractivity contribution in [3.8, 4) is 0 Å². The molecule has 3 rings (SSSR count). The summed E-state index contributed by atoms with van der Waals surface area (Å²) in [5.74, 6) is 0.118. The molecule has 0 radical (unpaired) electrons. The monoisotopic (exact) mass is 379 g/mol. The molecule has 2 amide bonds. The van der Waals surface area contributed by atoms with Gasteiger partial charge in [0.2, 0.25) is 5.91 Å². The zero-order valence-electron chi connectivity index (χ0n) is 16.4. The van der Waals surface area contributed by atoms with Gasteiger partial charge in [-0.3, -0.25) is 9.59 Å². The molecule has 2 aromatic rings. The molecule has 5 nitrogen and oxygen atoms in total. The van der Waals surface area contributed by atoms with E-state index < -0.39 is 0 Å². The summed E-state index contributed by atoms with van der Waals surface area (Å²) >= 11 is 0. The Hall–Kier alpha value is -2.66. The lowest BCUT2D eigenvalue weighted by Crippen LogP contribution is -2.41. The third-order valence-electron chi connectivity index (χ3n) is 5.52. The van der Waals surface area contributed by atoms with E-state index in [0.29, 0.717) is 18.0 Å². The predicted octanol–water partition coefficient (Wildman–Crippen LogP) is 3.10. The lowest BCUT2D eigenvalue weighted by Gasteiger charge is -2.23. The van der Waals surface area contributed by atoms with Crippen molar-refractivity contribution < 1.29 is 9.59 Å². The topological polar surface area (TPSA) is 84.2 Å². The average Bonchev–Trinajstić information content (AvgIpc) is 3.15. The molecule has 1 fully saturated rings. The summed E-state index contributed by atoms with van der Waals surface area (Å²) in [6.07, 6.45) is 3.33. The maximum atomic E-state index is 12.7. The molecule has 0 aromatic heterocycles. The molecule has 1 aliphatic rings. The molecule has 0 spiro atoms. The Balaban J connectivity index is 1.69. The summed E-state index contributed by atoms with van der Waals surface area (Å²) in [6, 6.07) is 16.8. The Labute approximate surface area is 166 Å². The van der Waals surface area contributed by atoms with Crippen LogP contribution in [0.1, 0.15) is 53.2 Å². The van der Waals surface area contributed by atoms with E-state index in [4.69, 9.17) is 5.73 Å². The summed E-state index contributed by atoms with van der Waals surface area (Å²) in [5.41, 5.74) is 8.43. The van der Waals surface area contributed by atoms with Gasteiger partial charge in [-0.2, -0.15) is 0 Å². The number of benzene rings is 2. The molecule has 2 aromatic carbocycles. The van der Waals surface area contributed by atoms with Crippen LogP contribution in [0, 0.1) is 12.8 Å². The third kappa shape index (κ3) is 5.20. The predicted molar refractivity (Wildman–Crippen MR) is 111 cm³/mol. The highest BCUT2D eigenvalue weighted by atomic mass is 16.2. The van der Waals surface area contributed by atoms with Crippen LogP contribution in [0.5, 0.6) is 0 Å². The van der Waals surface area contributed by atoms with Crippen molar-refractivity contribution in [2.75, 3.05) is 6.54 Å². The first-order valence-electron chi connectivity index (χ1n) is 9.98. The van der Waals surface area contributed by atoms with Crippen LogP contribution in [0.4, 0.5) is 0 Å². The molecule has 1 saturated carbocycles. The second-order valence-electron chi connectivity index (χ2n) is 7.61. The first-order chi connectivity index (χ1) is 13.6. The molecule has 4 N–H and O–H groups in total. The van der Waals surface area contributed by atoms with E-state index in [9.17, 15) is 9.59 Å². The fraction of sp³-hybridized carbons (Fsp3) is 0.391. The maximum Gasteiger partial charge on any atom is 0.251 e. The van der Waals surface area contributed by atoms with Crippen molar-refractivity contribution >= 4 is 11.8 Å². The van der Waals surface area contributed by atoms with Crippen LogP contribution in [0.2, 0.25) is 0 Å². The van der Waals surface area contributed by atoms with E-state index in [-0.39, 0.29) is 30.3 Å². The largest absolute Gasteiger partial charge is 0.353 e. The molecule has 0 saturated heterocycles. The summed E-state index contributed by atoms with van der Waals surface area (Å²) in [4.78, 5) is 25.4. The molecule has 3 atom stereocenters. The van der Waals surface area contributed by atoms with Crippen molar-refractivity contribution in [1.29, 1.82) is 0 Å². The molecule has 148 valence electrons. The highest BCUT2D eigenvalue weighted by molar-refractivity contribution is 5.94. The summed E-state index contributed by atoms with van der Waals surface area (Å²) < 4.78 is 0. The summed E-state index contributed by atoms with van der Waals surface area (Å²) in [6.45, 7) is 2.58. The van der Waals surface area contributed by atoms with Crippen molar-refractivity contribution in [3.63, 3.8) is 0 Å². The molecule has 1 aliphatic carbocycles. The second-order valence-corrected chi connectivity index (χ2v) is 7.61. The van der Waals surface area contributed by atoms with Crippen molar-refractivity contribution in [1.82, 2.24) is 10.6 Å². The van der Waals surface area contributed by atoms with E-state index in [1.54, 1.807) is 12.1 Å². The number of carbonyl (C=O) groups excluding carboxylic acids is 2. The maximum absolute atomic E-state index is 12.7. The normalized spacial score (nSPS) is 19.8. The molecular weight excluding hydrogens is 350 g/mol. The van der Waals surface area contributed by atoms with Crippen LogP contribution in [0.15, 0.2) is 54.6 Å². The number of hydrogen-bond donors (Lipinski definition) is 3. The van der Waals surface area contributed by atoms with Gasteiger partial charge >= 0.3 is 0 Å². The summed E-state index contributed by atoms with van der Waals surface area (Å²) in [5, 5.41) is 6.16. The van der Waals surface area contributed by atoms with Gasteiger partial charge in [0.1, 0.15) is 0 Å². The van der Waals surface area contributed by atoms with Crippen LogP contribution in [-0.2, 0) is 4.79 Å². The van der Waals surface area contributed by atoms with Gasteiger partial charge < -0.3 is 16.4 Å². The van der Waals surface area contributed by atoms with E-state index in [0.717, 1.165) is 30.4 Å². The molecule has 0 bridgehead atoms. The van der Waals surface area contributed by atoms with Gasteiger partial charge in [-0.15, -0.1) is 0 Å². The quantitative estimate of drug-likeness (QED) is 0.691. The van der Waals surface area contributed by atoms with Gasteiger partial charge in [0, 0.05) is 11.6 Å². The van der Waals surface area contributed by atoms with E-state index >= 15 is 0 Å². The second kappa shape index (κ2) is 9.51. The van der Waals surface area contributed by atoms with Gasteiger partial charge in [-0.25, -0.2) is 0 Å². The highest BCUT2D eigenvalue weighted by Crippen LogP contribution is 2.25. The molecule has 3 unspecified atom stereocenters. The smallest absolute Gasteiger partial charge is 0.251 e. The Morgan fingerprint density at radius 2 is 1.79 bits per heavy atom. The van der Waals surface area contributed by atoms with E-state index in [1.807, 2.05) is 49.4 Å². The third-order valence-corrected chi connectivity index (χ3v) is 5.52. The minimum atomic E-state index is -0.382. The van der Waals surface area contributed by atoms with Crippen LogP contribution in [0.3, 0.4) is 0 Å². The minimum Gasteiger partial charge on any atom is -0.353 e. The fourth-order valence-electron chi connectivity index (χ4n) is 3.84. The molecule has 28 heavy (non-hydrogen) atoms. The minimum absolute atomic E-state index is 0.0524. The van der Waals surface area contributed by atoms with Crippen LogP contribution in [0.25, 0.3) is 0 Å². The standard InChI is InChI=1S/C23H29N3O2/c1-16-10-12-18(13-11-16)23(28)26-21(17-6-3-2-4-7-17)14-22(27)25-20-9-5-8-19(20)15-24/h2-4,6-7,10-13,19-21H,5,8-9,14-15,24H2,1H3,(H,25,27)(H,26,28). The molecule has 5 heteroatoms. The van der Waals surface area contributed by atoms with Crippen molar-refractivity contribution in [2.45, 2.75) is 44.7 Å². The summed E-state index contributed by atoms with van der Waals surface area (Å²) in [7, 11) is 0. The first-order valence-corrected chi connectivity index (χ1v) is 9.98. The SMILES string of the molecule is Cc1ccc(C(=O)NC(CC(=O)NC2CCCC2CN)c2ccccc2)cc1. The zero-order chi connectivity index (χ0) is 19.9. The number of hydrogen-bond acceptors (Lipinski definition) is 3. The van der Waals surface area contributed by atoms with E-state index in [2.05, 4.69) is 10.6 Å². The Kier molecular flexibility index (Phi) is 6.82. The number of nitrogens with one attached hydrogen (secondary N) is 2. The van der Waals surface area contributed by atoms with Crippen LogP contribution in [-0.4, -0.2) is 24.4 Å². The molecule has 0 aliphatic heterocycles. The Morgan fingerprint density at radius 1 is 1.07 bits per heavy atom. The zero-order valence-corrected chi connectivity index (χ0v) is 16.4. The molecular formula is C23H29N3O2. The Bertz CT molecular complexity index is 789. The first kappa shape index (κ1) is 20.1. The molecule has 0 heterocycles. The van der Waals surface area contributed by atoms with Gasteiger partial charge in [0.05, 0.1) is 12.5 Å². The van der Waals surface area contributed by atoms with Gasteiger partial charge in [-0.05, 0) is 49.9 Å². The van der Waals surface area contributed by atoms with Gasteiger partial charge in [-0.1, -0.05) is 54.4 Å². The Morgan fingerprint density at radius 3 is 2.46 bits per heavy atom. The van der Waals surface area contributed by atoms with Gasteiger partial charge in [0.25, 0.3) is 5.91 Å². The van der Waals surface area contributed by atoms with Crippen LogP contribution >= 0.6 is 0 Å². The number of aryl methyl sites for hydroxylation is 1. The lowest BCUT2D eigenvalue weighted by molar-refractivity contribution is -0.122. The van der Waals surface area contributed by atoms with Gasteiger partial charge in [0.15, 0.2) is 0 Å². The lowest BCUT2D eigenvalue weighted by atomic mass is 10.0. The number of nitrogens with two attached hydrogens (primary N) is 1. The van der Waals surface area contributed by atoms with Crippen molar-refractivity contribution in [3.05, 3.63) is 71.3 Å².